The predicted octanol–water partition coefficient (Wildman–Crippen LogP) is 4.10. The molecule has 8 heteroatoms. The van der Waals surface area contributed by atoms with Crippen LogP contribution in [0.25, 0.3) is 11.0 Å². The number of ether oxygens (including phenoxy) is 3. The highest BCUT2D eigenvalue weighted by atomic mass is 35.5. The van der Waals surface area contributed by atoms with Crippen LogP contribution in [0.15, 0.2) is 57.7 Å². The van der Waals surface area contributed by atoms with Gasteiger partial charge < -0.3 is 18.6 Å². The molecule has 0 bridgehead atoms. The first-order valence-electron chi connectivity index (χ1n) is 7.92. The lowest BCUT2D eigenvalue weighted by Gasteiger charge is -2.10. The molecule has 0 spiro atoms. The normalized spacial score (nSPS) is 10.6. The van der Waals surface area contributed by atoms with Crippen molar-refractivity contribution in [2.75, 3.05) is 19.8 Å². The number of fused-ring (bicyclic) bond motifs is 1. The molecule has 27 heavy (non-hydrogen) atoms. The van der Waals surface area contributed by atoms with Gasteiger partial charge in [0.1, 0.15) is 24.5 Å². The van der Waals surface area contributed by atoms with Gasteiger partial charge in [-0.05, 0) is 30.3 Å². The summed E-state index contributed by atoms with van der Waals surface area (Å²) in [5.74, 6) is 0.150. The van der Waals surface area contributed by atoms with Crippen molar-refractivity contribution < 1.29 is 23.4 Å². The summed E-state index contributed by atoms with van der Waals surface area (Å²) in [6.45, 7) is -0.192. The summed E-state index contributed by atoms with van der Waals surface area (Å²) in [7, 11) is 0. The van der Waals surface area contributed by atoms with E-state index < -0.39 is 11.6 Å². The molecule has 140 valence electrons. The molecule has 0 N–H and O–H groups in total. The van der Waals surface area contributed by atoms with Crippen molar-refractivity contribution in [3.05, 3.63) is 69.0 Å². The van der Waals surface area contributed by atoms with E-state index in [1.54, 1.807) is 36.4 Å². The third kappa shape index (κ3) is 5.15. The van der Waals surface area contributed by atoms with E-state index in [4.69, 9.17) is 41.8 Å². The van der Waals surface area contributed by atoms with Crippen LogP contribution in [-0.2, 0) is 9.53 Å². The standard InChI is InChI=1S/C19H14Cl2O6/c20-14-2-1-3-15(21)19(14)25-9-8-24-18(23)11-26-13-6-4-12-5-7-17(22)27-16(12)10-13/h1-7,10H,8-9,11H2. The average Bonchev–Trinajstić information content (AvgIpc) is 2.65. The molecule has 0 aliphatic carbocycles. The highest BCUT2D eigenvalue weighted by Crippen LogP contribution is 2.32. The maximum Gasteiger partial charge on any atom is 0.344 e. The maximum absolute atomic E-state index is 11.8. The Morgan fingerprint density at radius 1 is 0.963 bits per heavy atom. The van der Waals surface area contributed by atoms with Crippen molar-refractivity contribution in [2.45, 2.75) is 0 Å². The largest absolute Gasteiger partial charge is 0.487 e. The number of esters is 1. The molecule has 0 saturated heterocycles. The van der Waals surface area contributed by atoms with Crippen molar-refractivity contribution in [1.82, 2.24) is 0 Å². The van der Waals surface area contributed by atoms with Gasteiger partial charge in [-0.2, -0.15) is 0 Å². The van der Waals surface area contributed by atoms with E-state index in [0.717, 1.165) is 5.39 Å². The van der Waals surface area contributed by atoms with Gasteiger partial charge in [-0.3, -0.25) is 0 Å². The topological polar surface area (TPSA) is 75.0 Å². The summed E-state index contributed by atoms with van der Waals surface area (Å²) in [5.41, 5.74) is -0.0870. The number of halogens is 2. The Kier molecular flexibility index (Phi) is 6.21. The van der Waals surface area contributed by atoms with Crippen molar-refractivity contribution in [3.8, 4) is 11.5 Å². The molecular formula is C19H14Cl2O6. The minimum atomic E-state index is -0.571. The summed E-state index contributed by atoms with van der Waals surface area (Å²) in [6.07, 6.45) is 0. The lowest BCUT2D eigenvalue weighted by molar-refractivity contribution is -0.146. The number of hydrogen-bond acceptors (Lipinski definition) is 6. The van der Waals surface area contributed by atoms with Crippen LogP contribution in [0.2, 0.25) is 10.0 Å². The third-order valence-corrected chi connectivity index (χ3v) is 4.06. The fourth-order valence-electron chi connectivity index (χ4n) is 2.23. The SMILES string of the molecule is O=C(COc1ccc2ccc(=O)oc2c1)OCCOc1c(Cl)cccc1Cl. The minimum Gasteiger partial charge on any atom is -0.487 e. The molecule has 0 aliphatic rings. The van der Waals surface area contributed by atoms with E-state index in [9.17, 15) is 9.59 Å². The third-order valence-electron chi connectivity index (χ3n) is 3.46. The van der Waals surface area contributed by atoms with E-state index in [2.05, 4.69) is 0 Å². The van der Waals surface area contributed by atoms with Crippen molar-refractivity contribution in [2.24, 2.45) is 0 Å². The molecule has 0 aliphatic heterocycles. The highest BCUT2D eigenvalue weighted by molar-refractivity contribution is 6.37. The summed E-state index contributed by atoms with van der Waals surface area (Å²) >= 11 is 12.0. The summed E-state index contributed by atoms with van der Waals surface area (Å²) < 4.78 is 20.8. The van der Waals surface area contributed by atoms with Crippen molar-refractivity contribution >= 4 is 40.1 Å². The van der Waals surface area contributed by atoms with Crippen LogP contribution in [0.3, 0.4) is 0 Å². The number of para-hydroxylation sites is 1. The average molecular weight is 409 g/mol. The van der Waals surface area contributed by atoms with Gasteiger partial charge in [0.05, 0.1) is 10.0 Å². The molecule has 6 nitrogen and oxygen atoms in total. The monoisotopic (exact) mass is 408 g/mol. The first kappa shape index (κ1) is 19.1. The Bertz CT molecular complexity index is 994. The molecule has 1 heterocycles. The molecule has 0 saturated carbocycles. The highest BCUT2D eigenvalue weighted by Gasteiger charge is 2.09. The van der Waals surface area contributed by atoms with E-state index >= 15 is 0 Å². The van der Waals surface area contributed by atoms with Gasteiger partial charge in [-0.25, -0.2) is 9.59 Å². The number of hydrogen-bond donors (Lipinski definition) is 0. The van der Waals surface area contributed by atoms with Crippen LogP contribution < -0.4 is 15.1 Å². The Morgan fingerprint density at radius 2 is 1.70 bits per heavy atom. The molecule has 0 amide bonds. The van der Waals surface area contributed by atoms with E-state index in [-0.39, 0.29) is 19.8 Å². The van der Waals surface area contributed by atoms with Gasteiger partial charge >= 0.3 is 11.6 Å². The van der Waals surface area contributed by atoms with Gasteiger partial charge in [0.25, 0.3) is 0 Å². The summed E-state index contributed by atoms with van der Waals surface area (Å²) in [6, 6.07) is 12.9. The van der Waals surface area contributed by atoms with Crippen molar-refractivity contribution in [1.29, 1.82) is 0 Å². The zero-order valence-corrected chi connectivity index (χ0v) is 15.5. The quantitative estimate of drug-likeness (QED) is 0.332. The number of carbonyl (C=O) groups excluding carboxylic acids is 1. The van der Waals surface area contributed by atoms with E-state index in [0.29, 0.717) is 27.1 Å². The Hall–Kier alpha value is -2.70. The lowest BCUT2D eigenvalue weighted by Crippen LogP contribution is -2.18. The molecule has 0 atom stereocenters. The van der Waals surface area contributed by atoms with E-state index in [1.165, 1.54) is 12.1 Å². The number of carbonyl (C=O) groups is 1. The second-order valence-electron chi connectivity index (χ2n) is 5.36. The summed E-state index contributed by atoms with van der Waals surface area (Å²) in [4.78, 5) is 23.0. The van der Waals surface area contributed by atoms with Crippen LogP contribution in [0.4, 0.5) is 0 Å². The second kappa shape index (κ2) is 8.79. The Labute approximate surface area is 164 Å². The smallest absolute Gasteiger partial charge is 0.344 e. The molecule has 0 unspecified atom stereocenters. The molecule has 0 radical (unpaired) electrons. The van der Waals surface area contributed by atoms with Crippen molar-refractivity contribution in [3.63, 3.8) is 0 Å². The van der Waals surface area contributed by atoms with Gasteiger partial charge in [-0.1, -0.05) is 29.3 Å². The maximum atomic E-state index is 11.8. The first-order chi connectivity index (χ1) is 13.0. The van der Waals surface area contributed by atoms with Crippen LogP contribution in [0, 0.1) is 0 Å². The van der Waals surface area contributed by atoms with Gasteiger partial charge in [-0.15, -0.1) is 0 Å². The van der Waals surface area contributed by atoms with E-state index in [1.807, 2.05) is 0 Å². The van der Waals surface area contributed by atoms with Crippen LogP contribution in [0.1, 0.15) is 0 Å². The summed E-state index contributed by atoms with van der Waals surface area (Å²) in [5, 5.41) is 1.50. The fourth-order valence-corrected chi connectivity index (χ4v) is 2.74. The molecule has 0 fully saturated rings. The number of rotatable bonds is 7. The van der Waals surface area contributed by atoms with Crippen LogP contribution in [0.5, 0.6) is 11.5 Å². The number of benzene rings is 2. The van der Waals surface area contributed by atoms with Crippen LogP contribution >= 0.6 is 23.2 Å². The molecule has 2 aromatic carbocycles. The lowest BCUT2D eigenvalue weighted by atomic mass is 10.2. The van der Waals surface area contributed by atoms with Gasteiger partial charge in [0.15, 0.2) is 12.4 Å². The molecule has 3 rings (SSSR count). The second-order valence-corrected chi connectivity index (χ2v) is 6.18. The molecule has 3 aromatic rings. The predicted molar refractivity (Wildman–Crippen MR) is 101 cm³/mol. The fraction of sp³-hybridized carbons (Fsp3) is 0.158. The molecular weight excluding hydrogens is 395 g/mol. The van der Waals surface area contributed by atoms with Gasteiger partial charge in [0, 0.05) is 17.5 Å². The zero-order chi connectivity index (χ0) is 19.2. The molecule has 1 aromatic heterocycles. The van der Waals surface area contributed by atoms with Crippen LogP contribution in [-0.4, -0.2) is 25.8 Å². The zero-order valence-electron chi connectivity index (χ0n) is 13.9. The van der Waals surface area contributed by atoms with Gasteiger partial charge in [0.2, 0.25) is 0 Å². The first-order valence-corrected chi connectivity index (χ1v) is 8.68. The minimum absolute atomic E-state index is 0.0103. The Morgan fingerprint density at radius 3 is 2.48 bits per heavy atom. The Balaban J connectivity index is 1.45.